The largest absolute Gasteiger partial charge is 0.368 e. The third-order valence-corrected chi connectivity index (χ3v) is 0.810. The fourth-order valence-electron chi connectivity index (χ4n) is 0.450. The van der Waals surface area contributed by atoms with Gasteiger partial charge >= 0.3 is 0 Å². The molecular weight excluding hydrogens is 164 g/mol. The molecule has 0 radical (unpaired) electrons. The zero-order chi connectivity index (χ0) is 9.56. The number of nitrogens with two attached hydrogens (primary N) is 1. The Balaban J connectivity index is 3.44. The van der Waals surface area contributed by atoms with Crippen molar-refractivity contribution in [3.63, 3.8) is 0 Å². The molecule has 6 heteroatoms. The molecular formula is C6H10N2O4. The number of carbonyl (C=O) groups is 3. The van der Waals surface area contributed by atoms with E-state index in [4.69, 9.17) is 5.73 Å². The number of carbonyl (C=O) groups excluding carboxylic acids is 3. The van der Waals surface area contributed by atoms with Gasteiger partial charge in [0, 0.05) is 0 Å². The molecule has 0 aliphatic heterocycles. The van der Waals surface area contributed by atoms with Gasteiger partial charge in [-0.05, 0) is 6.92 Å². The van der Waals surface area contributed by atoms with Crippen LogP contribution < -0.4 is 11.2 Å². The van der Waals surface area contributed by atoms with Gasteiger partial charge in [-0.15, -0.1) is 0 Å². The highest BCUT2D eigenvalue weighted by Gasteiger charge is 2.04. The summed E-state index contributed by atoms with van der Waals surface area (Å²) in [6, 6.07) is 0. The fourth-order valence-corrected chi connectivity index (χ4v) is 0.450. The molecule has 0 aromatic rings. The SMILES string of the molecule is CC(=O)CC(=O)NOCC(N)=O. The smallest absolute Gasteiger partial charge is 0.250 e. The average Bonchev–Trinajstić information content (AvgIpc) is 1.84. The van der Waals surface area contributed by atoms with Gasteiger partial charge in [-0.3, -0.25) is 19.2 Å². The lowest BCUT2D eigenvalue weighted by atomic mass is 10.3. The van der Waals surface area contributed by atoms with E-state index < -0.39 is 18.4 Å². The van der Waals surface area contributed by atoms with Crippen molar-refractivity contribution in [1.82, 2.24) is 5.48 Å². The van der Waals surface area contributed by atoms with Crippen LogP contribution in [-0.4, -0.2) is 24.2 Å². The van der Waals surface area contributed by atoms with Crippen LogP contribution in [0.3, 0.4) is 0 Å². The molecule has 6 nitrogen and oxygen atoms in total. The molecule has 0 saturated carbocycles. The molecule has 12 heavy (non-hydrogen) atoms. The minimum Gasteiger partial charge on any atom is -0.368 e. The van der Waals surface area contributed by atoms with E-state index in [9.17, 15) is 14.4 Å². The molecule has 0 unspecified atom stereocenters. The number of hydroxylamine groups is 1. The summed E-state index contributed by atoms with van der Waals surface area (Å²) < 4.78 is 0. The molecule has 0 rings (SSSR count). The lowest BCUT2D eigenvalue weighted by Crippen LogP contribution is -2.30. The number of primary amides is 1. The highest BCUT2D eigenvalue weighted by molar-refractivity contribution is 5.96. The van der Waals surface area contributed by atoms with Crippen molar-refractivity contribution in [1.29, 1.82) is 0 Å². The average molecular weight is 174 g/mol. The molecule has 0 aliphatic rings. The standard InChI is InChI=1S/C6H10N2O4/c1-4(9)2-6(11)8-12-3-5(7)10/h2-3H2,1H3,(H2,7,10)(H,8,11). The molecule has 0 saturated heterocycles. The van der Waals surface area contributed by atoms with Crippen molar-refractivity contribution in [2.24, 2.45) is 5.73 Å². The topological polar surface area (TPSA) is 98.5 Å². The van der Waals surface area contributed by atoms with Gasteiger partial charge in [0.1, 0.15) is 5.78 Å². The van der Waals surface area contributed by atoms with E-state index in [0.29, 0.717) is 0 Å². The van der Waals surface area contributed by atoms with Gasteiger partial charge in [0.25, 0.3) is 5.91 Å². The second-order valence-corrected chi connectivity index (χ2v) is 2.16. The molecule has 0 heterocycles. The molecule has 0 fully saturated rings. The summed E-state index contributed by atoms with van der Waals surface area (Å²) in [5.41, 5.74) is 6.58. The van der Waals surface area contributed by atoms with E-state index in [0.717, 1.165) is 0 Å². The van der Waals surface area contributed by atoms with Crippen LogP contribution in [0.1, 0.15) is 13.3 Å². The fraction of sp³-hybridized carbons (Fsp3) is 0.500. The first-order chi connectivity index (χ1) is 5.52. The lowest BCUT2D eigenvalue weighted by Gasteiger charge is -2.01. The van der Waals surface area contributed by atoms with Gasteiger partial charge in [0.2, 0.25) is 5.91 Å². The molecule has 0 bridgehead atoms. The van der Waals surface area contributed by atoms with Gasteiger partial charge in [0.15, 0.2) is 6.61 Å². The summed E-state index contributed by atoms with van der Waals surface area (Å²) in [5.74, 6) is -1.57. The van der Waals surface area contributed by atoms with E-state index in [2.05, 4.69) is 4.84 Å². The van der Waals surface area contributed by atoms with Crippen LogP contribution in [0, 0.1) is 0 Å². The minimum atomic E-state index is -0.696. The van der Waals surface area contributed by atoms with Gasteiger partial charge < -0.3 is 5.73 Å². The number of hydrogen-bond donors (Lipinski definition) is 2. The highest BCUT2D eigenvalue weighted by atomic mass is 16.7. The molecule has 0 aromatic heterocycles. The highest BCUT2D eigenvalue weighted by Crippen LogP contribution is 1.80. The number of hydrogen-bond acceptors (Lipinski definition) is 4. The molecule has 0 aromatic carbocycles. The number of amides is 2. The Morgan fingerprint density at radius 2 is 2.00 bits per heavy atom. The Morgan fingerprint density at radius 1 is 1.42 bits per heavy atom. The van der Waals surface area contributed by atoms with Gasteiger partial charge in [-0.2, -0.15) is 0 Å². The Labute approximate surface area is 69.0 Å². The predicted octanol–water partition coefficient (Wildman–Crippen LogP) is -1.50. The summed E-state index contributed by atoms with van der Waals surface area (Å²) in [5, 5.41) is 0. The number of Topliss-reactive ketones (excluding diaryl/α,β-unsaturated/α-hetero) is 1. The van der Waals surface area contributed by atoms with Crippen LogP contribution in [-0.2, 0) is 19.2 Å². The third kappa shape index (κ3) is 6.69. The quantitative estimate of drug-likeness (QED) is 0.391. The van der Waals surface area contributed by atoms with Crippen molar-refractivity contribution < 1.29 is 19.2 Å². The van der Waals surface area contributed by atoms with Gasteiger partial charge in [0.05, 0.1) is 6.42 Å². The number of rotatable bonds is 5. The van der Waals surface area contributed by atoms with E-state index in [1.54, 1.807) is 0 Å². The molecule has 0 aliphatic carbocycles. The monoisotopic (exact) mass is 174 g/mol. The van der Waals surface area contributed by atoms with Crippen molar-refractivity contribution >= 4 is 17.6 Å². The van der Waals surface area contributed by atoms with E-state index in [1.165, 1.54) is 6.92 Å². The normalized spacial score (nSPS) is 9.08. The number of nitrogens with one attached hydrogen (secondary N) is 1. The molecule has 68 valence electrons. The number of ketones is 1. The Morgan fingerprint density at radius 3 is 2.42 bits per heavy atom. The van der Waals surface area contributed by atoms with Crippen molar-refractivity contribution in [3.8, 4) is 0 Å². The Hall–Kier alpha value is -1.43. The summed E-state index contributed by atoms with van der Waals surface area (Å²) in [6.45, 7) is 0.872. The summed E-state index contributed by atoms with van der Waals surface area (Å²) in [4.78, 5) is 35.4. The summed E-state index contributed by atoms with van der Waals surface area (Å²) in [7, 11) is 0. The predicted molar refractivity (Wildman–Crippen MR) is 38.6 cm³/mol. The Bertz CT molecular complexity index is 202. The van der Waals surface area contributed by atoms with Gasteiger partial charge in [-0.25, -0.2) is 5.48 Å². The van der Waals surface area contributed by atoms with Crippen LogP contribution >= 0.6 is 0 Å². The molecule has 0 atom stereocenters. The molecule has 0 spiro atoms. The minimum absolute atomic E-state index is 0.265. The zero-order valence-corrected chi connectivity index (χ0v) is 6.62. The van der Waals surface area contributed by atoms with Crippen LogP contribution in [0.5, 0.6) is 0 Å². The zero-order valence-electron chi connectivity index (χ0n) is 6.62. The molecule has 2 amide bonds. The maximum absolute atomic E-state index is 10.6. The van der Waals surface area contributed by atoms with E-state index in [1.807, 2.05) is 5.48 Å². The van der Waals surface area contributed by atoms with Crippen molar-refractivity contribution in [3.05, 3.63) is 0 Å². The van der Waals surface area contributed by atoms with Crippen LogP contribution in [0.25, 0.3) is 0 Å². The van der Waals surface area contributed by atoms with Crippen molar-refractivity contribution in [2.75, 3.05) is 6.61 Å². The van der Waals surface area contributed by atoms with E-state index in [-0.39, 0.29) is 12.2 Å². The first-order valence-corrected chi connectivity index (χ1v) is 3.20. The maximum atomic E-state index is 10.6. The second kappa shape index (κ2) is 5.25. The summed E-state index contributed by atoms with van der Waals surface area (Å²) >= 11 is 0. The first-order valence-electron chi connectivity index (χ1n) is 3.20. The van der Waals surface area contributed by atoms with E-state index >= 15 is 0 Å². The third-order valence-electron chi connectivity index (χ3n) is 0.810. The first kappa shape index (κ1) is 10.6. The van der Waals surface area contributed by atoms with Crippen LogP contribution in [0.15, 0.2) is 0 Å². The molecule has 3 N–H and O–H groups in total. The van der Waals surface area contributed by atoms with Crippen LogP contribution in [0.4, 0.5) is 0 Å². The summed E-state index contributed by atoms with van der Waals surface area (Å²) in [6.07, 6.45) is -0.265. The van der Waals surface area contributed by atoms with Gasteiger partial charge in [-0.1, -0.05) is 0 Å². The maximum Gasteiger partial charge on any atom is 0.250 e. The van der Waals surface area contributed by atoms with Crippen LogP contribution in [0.2, 0.25) is 0 Å². The second-order valence-electron chi connectivity index (χ2n) is 2.16. The lowest BCUT2D eigenvalue weighted by molar-refractivity contribution is -0.139. The Kier molecular flexibility index (Phi) is 4.62. The van der Waals surface area contributed by atoms with Crippen molar-refractivity contribution in [2.45, 2.75) is 13.3 Å².